The molecule has 17 nitrogen and oxygen atoms in total. The van der Waals surface area contributed by atoms with Gasteiger partial charge < -0.3 is 43.8 Å². The summed E-state index contributed by atoms with van der Waals surface area (Å²) < 4.78 is 47.2. The van der Waals surface area contributed by atoms with Crippen molar-refractivity contribution in [2.75, 3.05) is 73.3 Å². The Balaban J connectivity index is 0.856. The molecule has 2 aliphatic heterocycles. The van der Waals surface area contributed by atoms with Crippen molar-refractivity contribution in [1.29, 1.82) is 0 Å². The number of benzene rings is 2. The number of nitrogens with one attached hydrogen (secondary N) is 2. The van der Waals surface area contributed by atoms with Crippen LogP contribution in [0.1, 0.15) is 77.6 Å². The number of carbonyl (C=O) groups is 3. The van der Waals surface area contributed by atoms with E-state index in [4.69, 9.17) is 23.7 Å². The number of alkyl halides is 1. The molecule has 3 aromatic heterocycles. The molecule has 5 heterocycles. The Morgan fingerprint density at radius 1 is 0.907 bits per heavy atom. The summed E-state index contributed by atoms with van der Waals surface area (Å²) in [7, 11) is 5.07. The summed E-state index contributed by atoms with van der Waals surface area (Å²) in [6, 6.07) is 9.80. The van der Waals surface area contributed by atoms with Gasteiger partial charge in [-0.1, -0.05) is 32.9 Å². The normalized spacial score (nSPS) is 18.5. The Kier molecular flexibility index (Phi) is 17.0. The monoisotopic (exact) mass is 1050 g/mol. The third-order valence-electron chi connectivity index (χ3n) is 14.2. The molecule has 2 aromatic carbocycles. The molecular weight excluding hydrogens is 980 g/mol. The van der Waals surface area contributed by atoms with Gasteiger partial charge in [-0.2, -0.15) is 0 Å². The number of thiazole rings is 1. The number of piperazine rings is 1. The lowest BCUT2D eigenvalue weighted by atomic mass is 9.85. The van der Waals surface area contributed by atoms with Crippen LogP contribution >= 0.6 is 11.3 Å². The fraction of sp³-hybridized carbons (Fsp3) is 0.536. The highest BCUT2D eigenvalue weighted by Gasteiger charge is 2.53. The zero-order valence-corrected chi connectivity index (χ0v) is 45.9. The van der Waals surface area contributed by atoms with E-state index in [1.54, 1.807) is 43.7 Å². The number of ether oxygens (including phenoxy) is 5. The third-order valence-corrected chi connectivity index (χ3v) is 15.1. The lowest BCUT2D eigenvalue weighted by Crippen LogP contribution is -2.59. The van der Waals surface area contributed by atoms with Crippen LogP contribution < -0.4 is 30.4 Å². The smallest absolute Gasteiger partial charge is 0.259 e. The number of hydrogen-bond donors (Lipinski definition) is 2. The van der Waals surface area contributed by atoms with Gasteiger partial charge in [-0.05, 0) is 86.7 Å². The summed E-state index contributed by atoms with van der Waals surface area (Å²) >= 11 is 1.54. The SMILES string of the molecule is COc1cc(-c2cn(C)c(=O)c3cnccc23)cc(OC)c1CN1CCN(CCOCCOc2cc(-c3scnc3C)ccc2CNC(=O)[C@@H]2CC(OC(C)(C)C)CN2C(=O)[C@@H](NC(=O)C2(F)CC2)C(C)(C)C)CC1. The summed E-state index contributed by atoms with van der Waals surface area (Å²) in [6.07, 6.45) is 5.19. The van der Waals surface area contributed by atoms with E-state index in [9.17, 15) is 23.6 Å². The lowest BCUT2D eigenvalue weighted by Gasteiger charge is -2.35. The molecule has 404 valence electrons. The number of pyridine rings is 2. The summed E-state index contributed by atoms with van der Waals surface area (Å²) in [6.45, 7) is 19.4. The number of halogens is 1. The molecule has 0 bridgehead atoms. The van der Waals surface area contributed by atoms with Gasteiger partial charge in [0.25, 0.3) is 11.5 Å². The first kappa shape index (κ1) is 55.2. The van der Waals surface area contributed by atoms with Crippen LogP contribution in [0, 0.1) is 12.3 Å². The van der Waals surface area contributed by atoms with E-state index in [2.05, 4.69) is 30.4 Å². The average Bonchev–Trinajstić information content (AvgIpc) is 3.77. The molecule has 2 N–H and O–H groups in total. The molecule has 1 saturated carbocycles. The number of aromatic nitrogens is 3. The van der Waals surface area contributed by atoms with Crippen LogP contribution in [0.5, 0.6) is 17.2 Å². The van der Waals surface area contributed by atoms with Crippen LogP contribution in [-0.4, -0.2) is 150 Å². The minimum Gasteiger partial charge on any atom is -0.496 e. The van der Waals surface area contributed by atoms with Crippen LogP contribution in [0.25, 0.3) is 32.3 Å². The predicted molar refractivity (Wildman–Crippen MR) is 287 cm³/mol. The second-order valence-electron chi connectivity index (χ2n) is 22.0. The molecule has 0 radical (unpaired) electrons. The van der Waals surface area contributed by atoms with Gasteiger partial charge in [0.05, 0.1) is 66.2 Å². The number of aryl methyl sites for hydroxylation is 2. The molecule has 0 spiro atoms. The van der Waals surface area contributed by atoms with Crippen LogP contribution in [0.15, 0.2) is 65.3 Å². The molecule has 3 aliphatic rings. The molecule has 3 fully saturated rings. The first-order valence-corrected chi connectivity index (χ1v) is 26.7. The highest BCUT2D eigenvalue weighted by atomic mass is 32.1. The van der Waals surface area contributed by atoms with Crippen molar-refractivity contribution < 1.29 is 42.5 Å². The Hall–Kier alpha value is -5.99. The molecule has 75 heavy (non-hydrogen) atoms. The van der Waals surface area contributed by atoms with Crippen molar-refractivity contribution in [3.63, 3.8) is 0 Å². The van der Waals surface area contributed by atoms with Gasteiger partial charge in [0.2, 0.25) is 11.8 Å². The van der Waals surface area contributed by atoms with Crippen molar-refractivity contribution in [3.8, 4) is 38.8 Å². The van der Waals surface area contributed by atoms with Gasteiger partial charge in [0, 0.05) is 95.5 Å². The second kappa shape index (κ2) is 23.1. The molecule has 3 amide bonds. The molecule has 8 rings (SSSR count). The van der Waals surface area contributed by atoms with Crippen LogP contribution in [0.2, 0.25) is 0 Å². The largest absolute Gasteiger partial charge is 0.496 e. The van der Waals surface area contributed by atoms with Crippen LogP contribution in [0.3, 0.4) is 0 Å². The van der Waals surface area contributed by atoms with E-state index in [0.717, 1.165) is 76.5 Å². The second-order valence-corrected chi connectivity index (χ2v) is 22.8. The molecule has 2 saturated heterocycles. The minimum absolute atomic E-state index is 0.107. The number of likely N-dealkylation sites (tertiary alicyclic amines) is 1. The number of nitrogens with zero attached hydrogens (tertiary/aromatic N) is 6. The summed E-state index contributed by atoms with van der Waals surface area (Å²) in [5.74, 6) is 0.396. The van der Waals surface area contributed by atoms with E-state index in [-0.39, 0.29) is 50.4 Å². The molecule has 5 aromatic rings. The van der Waals surface area contributed by atoms with E-state index in [1.807, 2.05) is 91.1 Å². The van der Waals surface area contributed by atoms with Gasteiger partial charge in [0.15, 0.2) is 5.67 Å². The van der Waals surface area contributed by atoms with Gasteiger partial charge in [-0.15, -0.1) is 11.3 Å². The zero-order chi connectivity index (χ0) is 53.8. The van der Waals surface area contributed by atoms with Gasteiger partial charge >= 0.3 is 0 Å². The Bertz CT molecular complexity index is 2890. The maximum atomic E-state index is 14.9. The average molecular weight is 1050 g/mol. The predicted octanol–water partition coefficient (Wildman–Crippen LogP) is 6.70. The first-order valence-electron chi connectivity index (χ1n) is 25.8. The van der Waals surface area contributed by atoms with E-state index >= 15 is 0 Å². The fourth-order valence-electron chi connectivity index (χ4n) is 9.88. The lowest BCUT2D eigenvalue weighted by molar-refractivity contribution is -0.145. The van der Waals surface area contributed by atoms with Gasteiger partial charge in [-0.25, -0.2) is 9.37 Å². The van der Waals surface area contributed by atoms with Crippen molar-refractivity contribution in [1.82, 2.24) is 39.9 Å². The number of rotatable bonds is 20. The van der Waals surface area contributed by atoms with Crippen molar-refractivity contribution >= 4 is 39.8 Å². The Labute approximate surface area is 443 Å². The van der Waals surface area contributed by atoms with Crippen LogP contribution in [-0.2, 0) is 44.0 Å². The summed E-state index contributed by atoms with van der Waals surface area (Å²) in [5.41, 5.74) is 3.74. The number of fused-ring (bicyclic) bond motifs is 1. The number of carbonyl (C=O) groups excluding carboxylic acids is 3. The van der Waals surface area contributed by atoms with Crippen molar-refractivity contribution in [2.45, 2.75) is 110 Å². The van der Waals surface area contributed by atoms with E-state index in [0.29, 0.717) is 42.4 Å². The highest BCUT2D eigenvalue weighted by molar-refractivity contribution is 7.13. The number of hydrogen-bond acceptors (Lipinski definition) is 14. The fourth-order valence-corrected chi connectivity index (χ4v) is 10.7. The highest BCUT2D eigenvalue weighted by Crippen LogP contribution is 2.41. The van der Waals surface area contributed by atoms with Gasteiger partial charge in [-0.3, -0.25) is 34.0 Å². The van der Waals surface area contributed by atoms with Crippen LogP contribution in [0.4, 0.5) is 4.39 Å². The van der Waals surface area contributed by atoms with E-state index < -0.39 is 46.7 Å². The topological polar surface area (TPSA) is 179 Å². The molecule has 19 heteroatoms. The number of methoxy groups -OCH3 is 2. The van der Waals surface area contributed by atoms with Gasteiger partial charge in [0.1, 0.15) is 35.9 Å². The molecule has 1 unspecified atom stereocenters. The summed E-state index contributed by atoms with van der Waals surface area (Å²) in [4.78, 5) is 70.3. The first-order chi connectivity index (χ1) is 35.7. The van der Waals surface area contributed by atoms with E-state index in [1.165, 1.54) is 16.2 Å². The molecule has 3 atom stereocenters. The minimum atomic E-state index is -1.96. The standard InChI is InChI=1S/C56H73FN8O9S/c1-35-48(75-34-60-35)36-11-12-37(29-59-50(66)44-28-39(74-55(5,6)7)31-65(44)52(68)49(54(2,3)4)61-53(69)56(57)14-15-56)45(25-36)73-24-23-72-22-21-63-17-19-64(20-18-63)33-43-46(70-9)26-38(27-47(43)71-10)42-32-62(8)51(67)41-30-58-16-13-40(41)42/h11-13,16,25-27,30,32,34,39,44,49H,14-15,17-24,28-29,31,33H2,1-10H3,(H,59,66)(H,61,69)/t39?,44-,49+/m0/s1. The summed E-state index contributed by atoms with van der Waals surface area (Å²) in [5, 5.41) is 7.12. The third kappa shape index (κ3) is 13.2. The molecular formula is C56H73FN8O9S. The Morgan fingerprint density at radius 3 is 2.24 bits per heavy atom. The Morgan fingerprint density at radius 2 is 1.60 bits per heavy atom. The maximum Gasteiger partial charge on any atom is 0.259 e. The maximum absolute atomic E-state index is 14.9. The number of amides is 3. The quantitative estimate of drug-likeness (QED) is 0.0789. The van der Waals surface area contributed by atoms with Crippen molar-refractivity contribution in [3.05, 3.63) is 87.7 Å². The molecule has 1 aliphatic carbocycles. The van der Waals surface area contributed by atoms with Crippen molar-refractivity contribution in [2.24, 2.45) is 12.5 Å². The zero-order valence-electron chi connectivity index (χ0n) is 45.0.